The molecule has 0 bridgehead atoms. The van der Waals surface area contributed by atoms with Gasteiger partial charge >= 0.3 is 0 Å². The van der Waals surface area contributed by atoms with Crippen LogP contribution < -0.4 is 15.4 Å². The van der Waals surface area contributed by atoms with E-state index in [2.05, 4.69) is 20.8 Å². The number of sulfone groups is 1. The Balaban J connectivity index is 0.936. The van der Waals surface area contributed by atoms with Gasteiger partial charge in [0.15, 0.2) is 27.1 Å². The molecule has 0 aliphatic carbocycles. The number of alkyl halides is 1. The molecule has 0 fully saturated rings. The van der Waals surface area contributed by atoms with Gasteiger partial charge in [0.2, 0.25) is 0 Å². The quantitative estimate of drug-likeness (QED) is 0.0713. The van der Waals surface area contributed by atoms with E-state index in [4.69, 9.17) is 19.2 Å². The summed E-state index contributed by atoms with van der Waals surface area (Å²) in [4.78, 5) is 15.1. The Kier molecular flexibility index (Phi) is 13.7. The molecule has 15 heteroatoms. The molecule has 8 rings (SSSR count). The van der Waals surface area contributed by atoms with Crippen LogP contribution >= 0.6 is 0 Å². The topological polar surface area (TPSA) is 138 Å². The lowest BCUT2D eigenvalue weighted by Gasteiger charge is -2.43. The largest absolute Gasteiger partial charge is 0.493 e. The number of para-hydroxylation sites is 1. The second-order valence-electron chi connectivity index (χ2n) is 17.9. The maximum atomic E-state index is 16.2. The van der Waals surface area contributed by atoms with E-state index < -0.39 is 38.4 Å². The lowest BCUT2D eigenvalue weighted by Crippen LogP contribution is -2.48. The number of nitrogens with zero attached hydrogens (tertiary/aromatic N) is 4. The molecule has 1 aliphatic heterocycles. The highest BCUT2D eigenvalue weighted by Gasteiger charge is 2.41. The molecule has 7 aromatic rings. The Morgan fingerprint density at radius 1 is 0.939 bits per heavy atom. The van der Waals surface area contributed by atoms with Crippen LogP contribution in [0.15, 0.2) is 107 Å². The van der Waals surface area contributed by atoms with E-state index in [1.165, 1.54) is 26.0 Å². The summed E-state index contributed by atoms with van der Waals surface area (Å²) in [5.74, 6) is -0.535. The predicted octanol–water partition coefficient (Wildman–Crippen LogP) is 10.9. The molecule has 4 heterocycles. The molecule has 0 saturated heterocycles. The van der Waals surface area contributed by atoms with Gasteiger partial charge in [-0.1, -0.05) is 59.8 Å². The number of ether oxygens (including phenoxy) is 1. The minimum Gasteiger partial charge on any atom is -0.493 e. The van der Waals surface area contributed by atoms with Crippen molar-refractivity contribution in [3.05, 3.63) is 131 Å². The molecule has 4 aromatic carbocycles. The number of hydrogen-bond acceptors (Lipinski definition) is 10. The van der Waals surface area contributed by atoms with Crippen LogP contribution in [0.2, 0.25) is 0 Å². The van der Waals surface area contributed by atoms with E-state index in [1.807, 2.05) is 73.5 Å². The van der Waals surface area contributed by atoms with Crippen LogP contribution in [0, 0.1) is 11.6 Å². The summed E-state index contributed by atoms with van der Waals surface area (Å²) >= 11 is 0. The zero-order valence-corrected chi connectivity index (χ0v) is 38.9. The molecule has 66 heavy (non-hydrogen) atoms. The number of aromatic nitrogens is 4. The van der Waals surface area contributed by atoms with E-state index in [1.54, 1.807) is 44.3 Å². The van der Waals surface area contributed by atoms with Crippen LogP contribution in [0.5, 0.6) is 5.75 Å². The molecule has 0 unspecified atom stereocenters. The Morgan fingerprint density at radius 2 is 1.64 bits per heavy atom. The third-order valence-corrected chi connectivity index (χ3v) is 14.2. The average Bonchev–Trinajstić information content (AvgIpc) is 3.92. The first-order valence-corrected chi connectivity index (χ1v) is 24.0. The van der Waals surface area contributed by atoms with E-state index in [9.17, 15) is 8.42 Å². The van der Waals surface area contributed by atoms with Gasteiger partial charge < -0.3 is 24.9 Å². The van der Waals surface area contributed by atoms with Crippen molar-refractivity contribution in [3.63, 3.8) is 0 Å². The number of anilines is 1. The molecule has 1 aliphatic rings. The van der Waals surface area contributed by atoms with Crippen molar-refractivity contribution in [2.75, 3.05) is 32.1 Å². The van der Waals surface area contributed by atoms with Crippen molar-refractivity contribution in [2.24, 2.45) is 0 Å². The Hall–Kier alpha value is -6.03. The number of halogens is 3. The second-order valence-corrected chi connectivity index (χ2v) is 20.4. The number of unbranched alkanes of at least 4 members (excludes halogenated alkanes) is 2. The van der Waals surface area contributed by atoms with Crippen LogP contribution in [0.1, 0.15) is 82.3 Å². The molecule has 0 amide bonds. The van der Waals surface area contributed by atoms with Crippen molar-refractivity contribution in [3.8, 4) is 39.7 Å². The summed E-state index contributed by atoms with van der Waals surface area (Å²) in [5.41, 5.74) is 5.08. The number of rotatable bonds is 18. The van der Waals surface area contributed by atoms with Crippen LogP contribution in [0.25, 0.3) is 44.9 Å². The van der Waals surface area contributed by atoms with Gasteiger partial charge in [-0.05, 0) is 96.7 Å². The molecule has 0 saturated carbocycles. The number of fused-ring (bicyclic) bond motifs is 3. The number of nitrogens with one attached hydrogen (secondary N) is 3. The lowest BCUT2D eigenvalue weighted by molar-refractivity contribution is 0.0642. The molecule has 3 N–H and O–H groups in total. The highest BCUT2D eigenvalue weighted by molar-refractivity contribution is 7.92. The van der Waals surface area contributed by atoms with Gasteiger partial charge in [-0.2, -0.15) is 0 Å². The first kappa shape index (κ1) is 46.5. The van der Waals surface area contributed by atoms with Crippen molar-refractivity contribution in [1.82, 2.24) is 30.3 Å². The van der Waals surface area contributed by atoms with Crippen molar-refractivity contribution < 1.29 is 30.8 Å². The lowest BCUT2D eigenvalue weighted by atomic mass is 9.87. The van der Waals surface area contributed by atoms with E-state index >= 15 is 13.2 Å². The van der Waals surface area contributed by atoms with Crippen LogP contribution in [0.3, 0.4) is 0 Å². The molecule has 0 radical (unpaired) electrons. The number of hydrogen-bond donors (Lipinski definition) is 3. The zero-order valence-electron chi connectivity index (χ0n) is 38.1. The summed E-state index contributed by atoms with van der Waals surface area (Å²) in [5, 5.41) is 11.3. The monoisotopic (exact) mass is 919 g/mol. The molecule has 0 spiro atoms. The van der Waals surface area contributed by atoms with Crippen molar-refractivity contribution >= 4 is 26.6 Å². The van der Waals surface area contributed by atoms with Crippen LogP contribution in [-0.2, 0) is 22.8 Å². The van der Waals surface area contributed by atoms with Gasteiger partial charge in [0.25, 0.3) is 0 Å². The van der Waals surface area contributed by atoms with E-state index in [0.717, 1.165) is 40.6 Å². The predicted molar refractivity (Wildman–Crippen MR) is 253 cm³/mol. The smallest absolute Gasteiger partial charge is 0.189 e. The highest BCUT2D eigenvalue weighted by atomic mass is 32.2. The minimum absolute atomic E-state index is 0.00469. The third-order valence-electron chi connectivity index (χ3n) is 12.0. The number of aromatic amines is 1. The molecule has 2 atom stereocenters. The molecule has 3 aromatic heterocycles. The van der Waals surface area contributed by atoms with E-state index in [0.29, 0.717) is 65.7 Å². The SMILES string of the molecule is CNCc1ccc(-c2cc(-c3nc(-c4ccc(S(=O)(=O)C(C)C)cc4)cnc3NCCCCCOc3cc(F)c([C@@H]4c5[nH]c6ccccc6c5C[C@@H](C)N4CC(C)(C)F)c(F)c3)on2)cc1. The first-order valence-electron chi connectivity index (χ1n) is 22.4. The molecule has 11 nitrogen and oxygen atoms in total. The maximum absolute atomic E-state index is 16.2. The van der Waals surface area contributed by atoms with E-state index in [-0.39, 0.29) is 35.4 Å². The van der Waals surface area contributed by atoms with Gasteiger partial charge in [-0.3, -0.25) is 4.90 Å². The third kappa shape index (κ3) is 10.0. The maximum Gasteiger partial charge on any atom is 0.189 e. The van der Waals surface area contributed by atoms with Gasteiger partial charge in [0.1, 0.15) is 28.7 Å². The van der Waals surface area contributed by atoms with Crippen LogP contribution in [-0.4, -0.2) is 77.1 Å². The minimum atomic E-state index is -3.45. The Morgan fingerprint density at radius 3 is 2.33 bits per heavy atom. The van der Waals surface area contributed by atoms with Gasteiger partial charge in [0, 0.05) is 77.2 Å². The molecule has 346 valence electrons. The van der Waals surface area contributed by atoms with Crippen molar-refractivity contribution in [2.45, 2.75) is 94.7 Å². The first-order chi connectivity index (χ1) is 31.6. The normalized spacial score (nSPS) is 15.7. The summed E-state index contributed by atoms with van der Waals surface area (Å²) in [7, 11) is -1.55. The summed E-state index contributed by atoms with van der Waals surface area (Å²) in [6.45, 7) is 9.73. The number of benzene rings is 4. The highest BCUT2D eigenvalue weighted by Crippen LogP contribution is 2.44. The Labute approximate surface area is 384 Å². The Bertz CT molecular complexity index is 2890. The fourth-order valence-corrected chi connectivity index (χ4v) is 9.70. The molecular weight excluding hydrogens is 864 g/mol. The fourth-order valence-electron chi connectivity index (χ4n) is 8.64. The summed E-state index contributed by atoms with van der Waals surface area (Å²) < 4.78 is 84.9. The van der Waals surface area contributed by atoms with Gasteiger partial charge in [-0.25, -0.2) is 31.6 Å². The summed E-state index contributed by atoms with van der Waals surface area (Å²) in [6, 6.07) is 25.6. The van der Waals surface area contributed by atoms with Crippen LogP contribution in [0.4, 0.5) is 19.0 Å². The standard InChI is InChI=1S/C51H56F3N7O4S/c1-31(2)66(62,63)37-20-18-35(19-21-37)44-29-57-50(48(59-44)45-27-43(60-65-45)34-16-14-33(15-17-34)28-55-6)56-22-10-7-11-23-64-36-25-40(52)46(41(53)26-36)49-47-39(38-12-8-9-13-42(38)58-47)24-32(3)61(49)30-51(4,5)54/h8-9,12-21,25-27,29,31-32,49,55,58H,7,10-11,22-24,28,30H2,1-6H3,(H,56,57)/t32-,49-/m1/s1. The molecular formula is C51H56F3N7O4S. The second kappa shape index (κ2) is 19.4. The van der Waals surface area contributed by atoms with Gasteiger partial charge in [0.05, 0.1) is 34.7 Å². The zero-order chi connectivity index (χ0) is 46.8. The number of H-pyrrole nitrogens is 1. The van der Waals surface area contributed by atoms with Crippen molar-refractivity contribution in [1.29, 1.82) is 0 Å². The van der Waals surface area contributed by atoms with Gasteiger partial charge in [-0.15, -0.1) is 0 Å². The fraction of sp³-hybridized carbons (Fsp3) is 0.353. The summed E-state index contributed by atoms with van der Waals surface area (Å²) in [6.07, 6.45) is 4.31. The average molecular weight is 920 g/mol.